The fraction of sp³-hybridized carbons (Fsp3) is 1.00. The molecule has 1 heteroatoms. The third-order valence-corrected chi connectivity index (χ3v) is 3.32. The summed E-state index contributed by atoms with van der Waals surface area (Å²) in [6.45, 7) is 4.75. The summed E-state index contributed by atoms with van der Waals surface area (Å²) in [5.74, 6) is 1.87. The Morgan fingerprint density at radius 3 is 1.67 bits per heavy atom. The summed E-state index contributed by atoms with van der Waals surface area (Å²) in [6, 6.07) is 1.73. The molecule has 0 saturated carbocycles. The summed E-state index contributed by atoms with van der Waals surface area (Å²) in [7, 11) is 0. The molecule has 0 radical (unpaired) electrons. The van der Waals surface area contributed by atoms with Crippen LogP contribution in [0.1, 0.15) is 26.7 Å². The van der Waals surface area contributed by atoms with Gasteiger partial charge in [0.2, 0.25) is 0 Å². The van der Waals surface area contributed by atoms with Crippen molar-refractivity contribution in [1.29, 1.82) is 0 Å². The lowest BCUT2D eigenvalue weighted by Gasteiger charge is -2.21. The molecule has 0 aliphatic carbocycles. The van der Waals surface area contributed by atoms with Gasteiger partial charge in [0.05, 0.1) is 0 Å². The minimum absolute atomic E-state index is 0.866. The second-order valence-corrected chi connectivity index (χ2v) is 3.68. The number of hydrogen-bond acceptors (Lipinski definition) is 1. The van der Waals surface area contributed by atoms with Gasteiger partial charge in [0.25, 0.3) is 0 Å². The van der Waals surface area contributed by atoms with Crippen LogP contribution in [-0.4, -0.2) is 12.1 Å². The normalized spacial score (nSPS) is 56.7. The maximum atomic E-state index is 3.63. The summed E-state index contributed by atoms with van der Waals surface area (Å²) < 4.78 is 0. The van der Waals surface area contributed by atoms with E-state index in [2.05, 4.69) is 19.2 Å². The Kier molecular flexibility index (Phi) is 1.10. The summed E-state index contributed by atoms with van der Waals surface area (Å²) in [4.78, 5) is 0. The molecule has 52 valence electrons. The van der Waals surface area contributed by atoms with Crippen molar-refractivity contribution in [2.45, 2.75) is 38.8 Å². The Hall–Kier alpha value is -0.0400. The third kappa shape index (κ3) is 0.644. The Labute approximate surface area is 56.8 Å². The van der Waals surface area contributed by atoms with Crippen LogP contribution in [0.5, 0.6) is 0 Å². The maximum Gasteiger partial charge on any atom is 0.00991 e. The quantitative estimate of drug-likeness (QED) is 0.516. The molecule has 2 aliphatic heterocycles. The Balaban J connectivity index is 2.15. The summed E-state index contributed by atoms with van der Waals surface area (Å²) in [5, 5.41) is 3.63. The van der Waals surface area contributed by atoms with E-state index in [0.29, 0.717) is 0 Å². The van der Waals surface area contributed by atoms with Gasteiger partial charge >= 0.3 is 0 Å². The zero-order valence-corrected chi connectivity index (χ0v) is 6.22. The minimum atomic E-state index is 0.866. The largest absolute Gasteiger partial charge is 0.311 e. The van der Waals surface area contributed by atoms with E-state index in [1.807, 2.05) is 0 Å². The van der Waals surface area contributed by atoms with Gasteiger partial charge in [0.1, 0.15) is 0 Å². The number of nitrogens with one attached hydrogen (secondary N) is 1. The van der Waals surface area contributed by atoms with Gasteiger partial charge in [-0.05, 0) is 24.7 Å². The maximum absolute atomic E-state index is 3.63. The lowest BCUT2D eigenvalue weighted by atomic mass is 9.82. The van der Waals surface area contributed by atoms with Crippen LogP contribution in [0.2, 0.25) is 0 Å². The van der Waals surface area contributed by atoms with E-state index in [0.717, 1.165) is 23.9 Å². The molecule has 0 amide bonds. The second kappa shape index (κ2) is 1.72. The predicted octanol–water partition coefficient (Wildman–Crippen LogP) is 1.39. The summed E-state index contributed by atoms with van der Waals surface area (Å²) >= 11 is 0. The van der Waals surface area contributed by atoms with Crippen LogP contribution >= 0.6 is 0 Å². The molecule has 0 spiro atoms. The van der Waals surface area contributed by atoms with Crippen LogP contribution in [0.3, 0.4) is 0 Å². The SMILES string of the molecule is C[C@H]1[C@H](C)[C@H]2CC[C@@H]1N2. The first kappa shape index (κ1) is 5.72. The Morgan fingerprint density at radius 2 is 1.44 bits per heavy atom. The number of rotatable bonds is 0. The van der Waals surface area contributed by atoms with E-state index in [1.165, 1.54) is 12.8 Å². The molecule has 0 aromatic rings. The molecule has 0 unspecified atom stereocenters. The van der Waals surface area contributed by atoms with E-state index in [9.17, 15) is 0 Å². The van der Waals surface area contributed by atoms with E-state index >= 15 is 0 Å². The average Bonchev–Trinajstić information content (AvgIpc) is 2.37. The molecule has 2 saturated heterocycles. The minimum Gasteiger partial charge on any atom is -0.311 e. The van der Waals surface area contributed by atoms with Crippen LogP contribution < -0.4 is 5.32 Å². The average molecular weight is 125 g/mol. The first-order valence-corrected chi connectivity index (χ1v) is 4.05. The van der Waals surface area contributed by atoms with E-state index in [1.54, 1.807) is 0 Å². The lowest BCUT2D eigenvalue weighted by molar-refractivity contribution is 0.330. The molecule has 2 rings (SSSR count). The standard InChI is InChI=1S/C8H15N/c1-5-6(2)8-4-3-7(5)9-8/h5-9H,3-4H2,1-2H3/t5-,6-,7-,8+/m0/s1. The van der Waals surface area contributed by atoms with Crippen LogP contribution in [0.15, 0.2) is 0 Å². The van der Waals surface area contributed by atoms with Crippen molar-refractivity contribution in [2.75, 3.05) is 0 Å². The summed E-state index contributed by atoms with van der Waals surface area (Å²) in [6.07, 6.45) is 2.85. The van der Waals surface area contributed by atoms with Gasteiger partial charge in [0.15, 0.2) is 0 Å². The van der Waals surface area contributed by atoms with Crippen LogP contribution in [-0.2, 0) is 0 Å². The van der Waals surface area contributed by atoms with Crippen molar-refractivity contribution < 1.29 is 0 Å². The van der Waals surface area contributed by atoms with Gasteiger partial charge in [-0.15, -0.1) is 0 Å². The van der Waals surface area contributed by atoms with E-state index in [-0.39, 0.29) is 0 Å². The molecule has 1 N–H and O–H groups in total. The van der Waals surface area contributed by atoms with Crippen LogP contribution in [0.25, 0.3) is 0 Å². The first-order valence-electron chi connectivity index (χ1n) is 4.05. The fourth-order valence-corrected chi connectivity index (χ4v) is 2.36. The Morgan fingerprint density at radius 1 is 1.00 bits per heavy atom. The van der Waals surface area contributed by atoms with Crippen molar-refractivity contribution in [2.24, 2.45) is 11.8 Å². The highest BCUT2D eigenvalue weighted by Crippen LogP contribution is 2.37. The van der Waals surface area contributed by atoms with Crippen molar-refractivity contribution >= 4 is 0 Å². The monoisotopic (exact) mass is 125 g/mol. The second-order valence-electron chi connectivity index (χ2n) is 3.68. The van der Waals surface area contributed by atoms with Crippen molar-refractivity contribution in [3.8, 4) is 0 Å². The first-order chi connectivity index (χ1) is 4.29. The molecular weight excluding hydrogens is 110 g/mol. The molecule has 0 aromatic heterocycles. The smallest absolute Gasteiger partial charge is 0.00991 e. The van der Waals surface area contributed by atoms with Crippen molar-refractivity contribution in [3.63, 3.8) is 0 Å². The zero-order valence-electron chi connectivity index (χ0n) is 6.22. The predicted molar refractivity (Wildman–Crippen MR) is 38.3 cm³/mol. The molecular formula is C8H15N. The van der Waals surface area contributed by atoms with E-state index in [4.69, 9.17) is 0 Å². The third-order valence-electron chi connectivity index (χ3n) is 3.32. The van der Waals surface area contributed by atoms with Crippen LogP contribution in [0, 0.1) is 11.8 Å². The molecule has 4 atom stereocenters. The van der Waals surface area contributed by atoms with Gasteiger partial charge in [0, 0.05) is 12.1 Å². The van der Waals surface area contributed by atoms with Gasteiger partial charge < -0.3 is 5.32 Å². The molecule has 1 nitrogen and oxygen atoms in total. The molecule has 2 bridgehead atoms. The Bertz CT molecular complexity index is 104. The van der Waals surface area contributed by atoms with Gasteiger partial charge in [-0.3, -0.25) is 0 Å². The highest BCUT2D eigenvalue weighted by atomic mass is 15.0. The molecule has 2 fully saturated rings. The summed E-state index contributed by atoms with van der Waals surface area (Å²) in [5.41, 5.74) is 0. The van der Waals surface area contributed by atoms with Gasteiger partial charge in [-0.2, -0.15) is 0 Å². The number of fused-ring (bicyclic) bond motifs is 2. The topological polar surface area (TPSA) is 12.0 Å². The highest BCUT2D eigenvalue weighted by molar-refractivity contribution is 4.99. The highest BCUT2D eigenvalue weighted by Gasteiger charge is 2.41. The molecule has 2 aliphatic rings. The van der Waals surface area contributed by atoms with Gasteiger partial charge in [-0.25, -0.2) is 0 Å². The lowest BCUT2D eigenvalue weighted by Crippen LogP contribution is -2.21. The van der Waals surface area contributed by atoms with Gasteiger partial charge in [-0.1, -0.05) is 13.8 Å². The molecule has 9 heavy (non-hydrogen) atoms. The van der Waals surface area contributed by atoms with Crippen LogP contribution in [0.4, 0.5) is 0 Å². The fourth-order valence-electron chi connectivity index (χ4n) is 2.36. The number of hydrogen-bond donors (Lipinski definition) is 1. The molecule has 0 aromatic carbocycles. The molecule has 2 heterocycles. The zero-order chi connectivity index (χ0) is 6.43. The van der Waals surface area contributed by atoms with Crippen molar-refractivity contribution in [3.05, 3.63) is 0 Å². The van der Waals surface area contributed by atoms with Crippen molar-refractivity contribution in [1.82, 2.24) is 5.32 Å². The van der Waals surface area contributed by atoms with E-state index < -0.39 is 0 Å².